The highest BCUT2D eigenvalue weighted by Gasteiger charge is 2.20. The molecule has 13 heavy (non-hydrogen) atoms. The lowest BCUT2D eigenvalue weighted by Crippen LogP contribution is -2.28. The Balaban J connectivity index is 2.58. The summed E-state index contributed by atoms with van der Waals surface area (Å²) in [5.74, 6) is -0.323. The van der Waals surface area contributed by atoms with Crippen LogP contribution in [-0.2, 0) is 6.42 Å². The highest BCUT2D eigenvalue weighted by molar-refractivity contribution is 6.31. The Kier molecular flexibility index (Phi) is 2.26. The molecule has 1 aromatic rings. The van der Waals surface area contributed by atoms with Crippen LogP contribution in [0.25, 0.3) is 0 Å². The molecule has 0 spiro atoms. The molecular formula is C10H11ClFN. The molecule has 0 aromatic heterocycles. The van der Waals surface area contributed by atoms with Gasteiger partial charge in [-0.15, -0.1) is 0 Å². The second kappa shape index (κ2) is 3.28. The molecule has 1 aromatic carbocycles. The minimum atomic E-state index is -0.323. The molecule has 3 heteroatoms. The highest BCUT2D eigenvalue weighted by atomic mass is 35.5. The van der Waals surface area contributed by atoms with Crippen LogP contribution in [0.1, 0.15) is 24.1 Å². The molecule has 0 saturated heterocycles. The number of hydrogen-bond acceptors (Lipinski definition) is 1. The maximum absolute atomic E-state index is 13.1. The maximum Gasteiger partial charge on any atom is 0.142 e. The summed E-state index contributed by atoms with van der Waals surface area (Å²) < 4.78 is 13.1. The molecule has 1 nitrogen and oxygen atoms in total. The smallest absolute Gasteiger partial charge is 0.142 e. The normalized spacial score (nSPS) is 21.3. The van der Waals surface area contributed by atoms with Crippen molar-refractivity contribution in [3.05, 3.63) is 34.1 Å². The number of hydrogen-bond donors (Lipinski definition) is 1. The third-order valence-electron chi connectivity index (χ3n) is 2.50. The molecule has 0 bridgehead atoms. The van der Waals surface area contributed by atoms with Gasteiger partial charge < -0.3 is 5.32 Å². The zero-order valence-corrected chi connectivity index (χ0v) is 8.16. The SMILES string of the molecule is CC1NCCc2ccc(F)c(Cl)c21. The summed E-state index contributed by atoms with van der Waals surface area (Å²) in [6, 6.07) is 3.43. The Hall–Kier alpha value is -0.600. The lowest BCUT2D eigenvalue weighted by molar-refractivity contribution is 0.532. The van der Waals surface area contributed by atoms with E-state index in [1.54, 1.807) is 0 Å². The van der Waals surface area contributed by atoms with Crippen molar-refractivity contribution in [1.29, 1.82) is 0 Å². The molecule has 2 rings (SSSR count). The van der Waals surface area contributed by atoms with Crippen molar-refractivity contribution >= 4 is 11.6 Å². The zero-order valence-electron chi connectivity index (χ0n) is 7.40. The van der Waals surface area contributed by atoms with Gasteiger partial charge in [-0.1, -0.05) is 17.7 Å². The molecule has 1 unspecified atom stereocenters. The largest absolute Gasteiger partial charge is 0.310 e. The molecule has 70 valence electrons. The molecule has 1 heterocycles. The highest BCUT2D eigenvalue weighted by Crippen LogP contribution is 2.31. The van der Waals surface area contributed by atoms with Crippen molar-refractivity contribution < 1.29 is 4.39 Å². The van der Waals surface area contributed by atoms with Crippen LogP contribution in [0.15, 0.2) is 12.1 Å². The van der Waals surface area contributed by atoms with E-state index < -0.39 is 0 Å². The van der Waals surface area contributed by atoms with Crippen LogP contribution in [0.5, 0.6) is 0 Å². The van der Waals surface area contributed by atoms with Gasteiger partial charge in [-0.3, -0.25) is 0 Å². The summed E-state index contributed by atoms with van der Waals surface area (Å²) in [4.78, 5) is 0. The maximum atomic E-state index is 13.1. The summed E-state index contributed by atoms with van der Waals surface area (Å²) in [7, 11) is 0. The Morgan fingerprint density at radius 2 is 2.31 bits per heavy atom. The fourth-order valence-corrected chi connectivity index (χ4v) is 2.17. The minimum absolute atomic E-state index is 0.159. The van der Waals surface area contributed by atoms with Gasteiger partial charge in [0.1, 0.15) is 5.82 Å². The number of benzene rings is 1. The van der Waals surface area contributed by atoms with Crippen molar-refractivity contribution in [2.45, 2.75) is 19.4 Å². The van der Waals surface area contributed by atoms with Gasteiger partial charge in [0.05, 0.1) is 5.02 Å². The van der Waals surface area contributed by atoms with Crippen LogP contribution in [0.4, 0.5) is 4.39 Å². The molecule has 0 aliphatic carbocycles. The van der Waals surface area contributed by atoms with Crippen molar-refractivity contribution in [2.24, 2.45) is 0 Å². The van der Waals surface area contributed by atoms with Crippen LogP contribution < -0.4 is 5.32 Å². The van der Waals surface area contributed by atoms with Gasteiger partial charge in [0.2, 0.25) is 0 Å². The third-order valence-corrected chi connectivity index (χ3v) is 2.88. The Labute approximate surface area is 81.9 Å². The quantitative estimate of drug-likeness (QED) is 0.678. The number of fused-ring (bicyclic) bond motifs is 1. The van der Waals surface area contributed by atoms with Gasteiger partial charge in [-0.2, -0.15) is 0 Å². The Morgan fingerprint density at radius 3 is 3.08 bits per heavy atom. The molecule has 0 fully saturated rings. The minimum Gasteiger partial charge on any atom is -0.310 e. The summed E-state index contributed by atoms with van der Waals surface area (Å²) in [5, 5.41) is 3.53. The van der Waals surface area contributed by atoms with E-state index in [0.717, 1.165) is 24.1 Å². The molecule has 0 amide bonds. The van der Waals surface area contributed by atoms with Gasteiger partial charge >= 0.3 is 0 Å². The molecule has 1 N–H and O–H groups in total. The Morgan fingerprint density at radius 1 is 1.54 bits per heavy atom. The summed E-state index contributed by atoms with van der Waals surface area (Å²) in [6.07, 6.45) is 0.930. The van der Waals surface area contributed by atoms with Crippen molar-refractivity contribution in [3.8, 4) is 0 Å². The molecule has 1 aliphatic heterocycles. The summed E-state index contributed by atoms with van der Waals surface area (Å²) in [5.41, 5.74) is 2.09. The fourth-order valence-electron chi connectivity index (χ4n) is 1.82. The van der Waals surface area contributed by atoms with E-state index >= 15 is 0 Å². The first-order valence-electron chi connectivity index (χ1n) is 4.40. The molecule has 0 saturated carbocycles. The van der Waals surface area contributed by atoms with Crippen molar-refractivity contribution in [2.75, 3.05) is 6.54 Å². The molecular weight excluding hydrogens is 189 g/mol. The van der Waals surface area contributed by atoms with Crippen LogP contribution in [-0.4, -0.2) is 6.54 Å². The average Bonchev–Trinajstić information content (AvgIpc) is 2.12. The molecule has 0 radical (unpaired) electrons. The van der Waals surface area contributed by atoms with Crippen LogP contribution in [0.3, 0.4) is 0 Å². The lowest BCUT2D eigenvalue weighted by Gasteiger charge is -2.24. The van der Waals surface area contributed by atoms with Gasteiger partial charge in [0.15, 0.2) is 0 Å². The van der Waals surface area contributed by atoms with Crippen molar-refractivity contribution in [3.63, 3.8) is 0 Å². The predicted molar refractivity (Wildman–Crippen MR) is 51.5 cm³/mol. The first kappa shape index (κ1) is 8.97. The number of rotatable bonds is 0. The van der Waals surface area contributed by atoms with Gasteiger partial charge in [-0.25, -0.2) is 4.39 Å². The second-order valence-corrected chi connectivity index (χ2v) is 3.74. The summed E-state index contributed by atoms with van der Waals surface area (Å²) in [6.45, 7) is 2.94. The van der Waals surface area contributed by atoms with Crippen LogP contribution in [0, 0.1) is 5.82 Å². The van der Waals surface area contributed by atoms with E-state index in [-0.39, 0.29) is 16.9 Å². The molecule has 1 aliphatic rings. The van der Waals surface area contributed by atoms with E-state index in [1.807, 2.05) is 13.0 Å². The monoisotopic (exact) mass is 199 g/mol. The number of halogens is 2. The van der Waals surface area contributed by atoms with Crippen molar-refractivity contribution in [1.82, 2.24) is 5.32 Å². The van der Waals surface area contributed by atoms with Gasteiger partial charge in [-0.05, 0) is 37.1 Å². The third kappa shape index (κ3) is 1.45. The van der Waals surface area contributed by atoms with Gasteiger partial charge in [0, 0.05) is 6.04 Å². The van der Waals surface area contributed by atoms with E-state index in [1.165, 1.54) is 6.07 Å². The topological polar surface area (TPSA) is 12.0 Å². The Bertz CT molecular complexity index is 338. The standard InChI is InChI=1S/C10H11ClFN/c1-6-9-7(4-5-13-6)2-3-8(12)10(9)11/h2-3,6,13H,4-5H2,1H3. The first-order chi connectivity index (χ1) is 6.20. The van der Waals surface area contributed by atoms with Gasteiger partial charge in [0.25, 0.3) is 0 Å². The molecule has 1 atom stereocenters. The number of nitrogens with one attached hydrogen (secondary N) is 1. The second-order valence-electron chi connectivity index (χ2n) is 3.36. The lowest BCUT2D eigenvalue weighted by atomic mass is 9.95. The van der Waals surface area contributed by atoms with E-state index in [4.69, 9.17) is 11.6 Å². The fraction of sp³-hybridized carbons (Fsp3) is 0.400. The average molecular weight is 200 g/mol. The van der Waals surface area contributed by atoms with E-state index in [2.05, 4.69) is 5.32 Å². The van der Waals surface area contributed by atoms with E-state index in [9.17, 15) is 4.39 Å². The zero-order chi connectivity index (χ0) is 9.42. The predicted octanol–water partition coefficient (Wildman–Crippen LogP) is 2.69. The van der Waals surface area contributed by atoms with E-state index in [0.29, 0.717) is 0 Å². The first-order valence-corrected chi connectivity index (χ1v) is 4.78. The van der Waals surface area contributed by atoms with Crippen LogP contribution in [0.2, 0.25) is 5.02 Å². The summed E-state index contributed by atoms with van der Waals surface area (Å²) >= 11 is 5.89. The van der Waals surface area contributed by atoms with Crippen LogP contribution >= 0.6 is 11.6 Å².